The first-order valence-corrected chi connectivity index (χ1v) is 10.3. The van der Waals surface area contributed by atoms with Crippen molar-refractivity contribution in [2.24, 2.45) is 30.0 Å². The van der Waals surface area contributed by atoms with Crippen molar-refractivity contribution in [1.29, 1.82) is 0 Å². The molecule has 3 aliphatic heterocycles. The zero-order valence-corrected chi connectivity index (χ0v) is 18.9. The lowest BCUT2D eigenvalue weighted by Gasteiger charge is -2.30. The molecule has 0 bridgehead atoms. The molecule has 10 nitrogen and oxygen atoms in total. The second-order valence-electron chi connectivity index (χ2n) is 7.43. The SMILES string of the molecule is COc1cc(F)ccc1C1=NC2=NC(OCC(F)(F)F)=NC3=NC(c4ccc(F)cc4OC)=NC(=N1)N23. The minimum atomic E-state index is -4.66. The maximum atomic E-state index is 13.8. The maximum Gasteiger partial charge on any atom is 0.422 e. The first-order valence-electron chi connectivity index (χ1n) is 10.3. The number of amidine groups is 3. The maximum absolute atomic E-state index is 13.8. The van der Waals surface area contributed by atoms with Crippen LogP contribution in [0.4, 0.5) is 22.0 Å². The molecule has 2 aromatic carbocycles. The molecule has 0 amide bonds. The zero-order valence-electron chi connectivity index (χ0n) is 18.9. The van der Waals surface area contributed by atoms with Crippen molar-refractivity contribution in [3.8, 4) is 11.5 Å². The number of ether oxygens (including phenoxy) is 3. The molecule has 0 atom stereocenters. The van der Waals surface area contributed by atoms with E-state index >= 15 is 0 Å². The van der Waals surface area contributed by atoms with Crippen LogP contribution in [0.2, 0.25) is 0 Å². The first kappa shape index (κ1) is 24.0. The Kier molecular flexibility index (Phi) is 5.89. The van der Waals surface area contributed by atoms with Crippen molar-refractivity contribution in [2.75, 3.05) is 20.8 Å². The smallest absolute Gasteiger partial charge is 0.422 e. The molecule has 0 unspecified atom stereocenters. The van der Waals surface area contributed by atoms with Gasteiger partial charge in [0.15, 0.2) is 18.3 Å². The first-order chi connectivity index (χ1) is 17.6. The average molecular weight is 519 g/mol. The van der Waals surface area contributed by atoms with Gasteiger partial charge < -0.3 is 14.2 Å². The molecule has 0 saturated heterocycles. The van der Waals surface area contributed by atoms with Crippen molar-refractivity contribution in [2.45, 2.75) is 6.18 Å². The monoisotopic (exact) mass is 519 g/mol. The third-order valence-corrected chi connectivity index (χ3v) is 4.99. The summed E-state index contributed by atoms with van der Waals surface area (Å²) in [5, 5.41) is 0. The number of hydrogen-bond acceptors (Lipinski definition) is 10. The second-order valence-corrected chi connectivity index (χ2v) is 7.43. The fourth-order valence-corrected chi connectivity index (χ4v) is 3.42. The summed E-state index contributed by atoms with van der Waals surface area (Å²) in [5.41, 5.74) is 0.499. The van der Waals surface area contributed by atoms with Crippen LogP contribution >= 0.6 is 0 Å². The molecule has 0 fully saturated rings. The fourth-order valence-electron chi connectivity index (χ4n) is 3.42. The van der Waals surface area contributed by atoms with E-state index in [2.05, 4.69) is 30.0 Å². The van der Waals surface area contributed by atoms with Crippen LogP contribution in [-0.2, 0) is 4.74 Å². The number of rotatable bonds is 5. The van der Waals surface area contributed by atoms with Gasteiger partial charge in [-0.15, -0.1) is 0 Å². The van der Waals surface area contributed by atoms with E-state index in [0.29, 0.717) is 0 Å². The molecule has 5 rings (SSSR count). The van der Waals surface area contributed by atoms with Crippen LogP contribution in [0.3, 0.4) is 0 Å². The summed E-state index contributed by atoms with van der Waals surface area (Å²) < 4.78 is 81.0. The van der Waals surface area contributed by atoms with E-state index in [1.807, 2.05) is 0 Å². The van der Waals surface area contributed by atoms with Crippen LogP contribution in [0.1, 0.15) is 11.1 Å². The number of aliphatic imine (C=N–C) groups is 6. The second kappa shape index (κ2) is 9.07. The Morgan fingerprint density at radius 2 is 1.19 bits per heavy atom. The molecule has 0 aromatic heterocycles. The van der Waals surface area contributed by atoms with Crippen molar-refractivity contribution in [3.63, 3.8) is 0 Å². The highest BCUT2D eigenvalue weighted by atomic mass is 19.4. The van der Waals surface area contributed by atoms with E-state index < -0.39 is 30.4 Å². The third-order valence-electron chi connectivity index (χ3n) is 4.99. The van der Waals surface area contributed by atoms with Gasteiger partial charge in [-0.3, -0.25) is 0 Å². The highest BCUT2D eigenvalue weighted by Gasteiger charge is 2.38. The van der Waals surface area contributed by atoms with Gasteiger partial charge in [-0.1, -0.05) is 0 Å². The standard InChI is InChI=1S/C22H14F5N7O3/c1-35-14-7-10(23)3-5-12(14)16-28-18-29-17(13-6-4-11(24)8-15(13)36-2)31-20-33-21(37-9-22(25,26)27)32-19(30-16)34(18)20/h3-8H,9H2,1-2H3. The predicted octanol–water partition coefficient (Wildman–Crippen LogP) is 3.52. The Morgan fingerprint density at radius 3 is 1.68 bits per heavy atom. The molecular formula is C22H14F5N7O3. The molecule has 37 heavy (non-hydrogen) atoms. The van der Waals surface area contributed by atoms with Crippen molar-refractivity contribution >= 4 is 35.6 Å². The molecule has 190 valence electrons. The van der Waals surface area contributed by atoms with Crippen LogP contribution in [0.15, 0.2) is 66.4 Å². The van der Waals surface area contributed by atoms with Gasteiger partial charge in [0.1, 0.15) is 23.1 Å². The summed E-state index contributed by atoms with van der Waals surface area (Å²) in [6.45, 7) is -1.66. The lowest BCUT2D eigenvalue weighted by Crippen LogP contribution is -2.48. The highest BCUT2D eigenvalue weighted by Crippen LogP contribution is 2.28. The Morgan fingerprint density at radius 1 is 0.703 bits per heavy atom. The zero-order chi connectivity index (χ0) is 26.3. The topological polar surface area (TPSA) is 105 Å². The summed E-state index contributed by atoms with van der Waals surface area (Å²) in [4.78, 5) is 26.4. The molecule has 0 radical (unpaired) electrons. The predicted molar refractivity (Wildman–Crippen MR) is 123 cm³/mol. The number of methoxy groups -OCH3 is 2. The summed E-state index contributed by atoms with van der Waals surface area (Å²) >= 11 is 0. The third kappa shape index (κ3) is 4.74. The molecule has 3 aliphatic rings. The van der Waals surface area contributed by atoms with E-state index in [4.69, 9.17) is 14.2 Å². The molecule has 0 saturated carbocycles. The quantitative estimate of drug-likeness (QED) is 0.564. The number of hydrogen-bond donors (Lipinski definition) is 0. The summed E-state index contributed by atoms with van der Waals surface area (Å²) in [6.07, 6.45) is -4.66. The minimum Gasteiger partial charge on any atom is -0.496 e. The highest BCUT2D eigenvalue weighted by molar-refractivity contribution is 6.33. The lowest BCUT2D eigenvalue weighted by atomic mass is 10.1. The Bertz CT molecular complexity index is 1420. The van der Waals surface area contributed by atoms with Gasteiger partial charge in [-0.2, -0.15) is 43.1 Å². The molecule has 2 aromatic rings. The van der Waals surface area contributed by atoms with Gasteiger partial charge in [-0.05, 0) is 24.3 Å². The van der Waals surface area contributed by atoms with Gasteiger partial charge in [-0.25, -0.2) is 13.7 Å². The summed E-state index contributed by atoms with van der Waals surface area (Å²) in [5.74, 6) is -1.52. The van der Waals surface area contributed by atoms with Crippen LogP contribution in [0.25, 0.3) is 0 Å². The van der Waals surface area contributed by atoms with Gasteiger partial charge in [0.05, 0.1) is 25.3 Å². The van der Waals surface area contributed by atoms with Gasteiger partial charge >= 0.3 is 12.2 Å². The number of alkyl halides is 3. The van der Waals surface area contributed by atoms with Crippen molar-refractivity contribution in [1.82, 2.24) is 4.90 Å². The van der Waals surface area contributed by atoms with Crippen LogP contribution in [0, 0.1) is 11.6 Å². The van der Waals surface area contributed by atoms with Crippen LogP contribution < -0.4 is 9.47 Å². The lowest BCUT2D eigenvalue weighted by molar-refractivity contribution is -0.156. The van der Waals surface area contributed by atoms with Crippen molar-refractivity contribution < 1.29 is 36.2 Å². The summed E-state index contributed by atoms with van der Waals surface area (Å²) in [6, 6.07) is 6.58. The average Bonchev–Trinajstić information content (AvgIpc) is 2.86. The normalized spacial score (nSPS) is 16.5. The number of nitrogens with zero attached hydrogens (tertiary/aromatic N) is 7. The minimum absolute atomic E-state index is 0.0330. The van der Waals surface area contributed by atoms with Crippen molar-refractivity contribution in [3.05, 3.63) is 59.2 Å². The Labute approximate surface area is 204 Å². The van der Waals surface area contributed by atoms with Gasteiger partial charge in [0.2, 0.25) is 17.9 Å². The molecule has 0 aliphatic carbocycles. The molecular weight excluding hydrogens is 505 g/mol. The van der Waals surface area contributed by atoms with E-state index in [1.54, 1.807) is 0 Å². The number of halogens is 5. The molecule has 3 heterocycles. The van der Waals surface area contributed by atoms with Gasteiger partial charge in [0, 0.05) is 12.1 Å². The number of benzene rings is 2. The molecule has 0 N–H and O–H groups in total. The fraction of sp³-hybridized carbons (Fsp3) is 0.182. The molecule has 0 spiro atoms. The number of guanidine groups is 3. The van der Waals surface area contributed by atoms with Crippen LogP contribution in [0.5, 0.6) is 11.5 Å². The van der Waals surface area contributed by atoms with E-state index in [9.17, 15) is 22.0 Å². The Balaban J connectivity index is 1.67. The van der Waals surface area contributed by atoms with E-state index in [-0.39, 0.29) is 52.2 Å². The van der Waals surface area contributed by atoms with E-state index in [0.717, 1.165) is 24.3 Å². The van der Waals surface area contributed by atoms with Gasteiger partial charge in [0.25, 0.3) is 0 Å². The summed E-state index contributed by atoms with van der Waals surface area (Å²) in [7, 11) is 2.63. The van der Waals surface area contributed by atoms with Crippen LogP contribution in [-0.4, -0.2) is 67.5 Å². The van der Waals surface area contributed by atoms with E-state index in [1.165, 1.54) is 31.3 Å². The molecule has 15 heteroatoms. The Hall–Kier alpha value is -4.69. The largest absolute Gasteiger partial charge is 0.496 e.